The second kappa shape index (κ2) is 8.12. The van der Waals surface area contributed by atoms with Crippen molar-refractivity contribution in [1.82, 2.24) is 9.36 Å². The third kappa shape index (κ3) is 3.69. The van der Waals surface area contributed by atoms with Gasteiger partial charge in [-0.3, -0.25) is 14.3 Å². The van der Waals surface area contributed by atoms with Gasteiger partial charge in [0.2, 0.25) is 0 Å². The second-order valence-electron chi connectivity index (χ2n) is 6.37. The van der Waals surface area contributed by atoms with Crippen molar-refractivity contribution in [1.29, 1.82) is 0 Å². The lowest BCUT2D eigenvalue weighted by Gasteiger charge is -2.17. The summed E-state index contributed by atoms with van der Waals surface area (Å²) in [4.78, 5) is 25.6. The zero-order chi connectivity index (χ0) is 20.3. The minimum Gasteiger partial charge on any atom is -0.478 e. The van der Waals surface area contributed by atoms with E-state index in [-0.39, 0.29) is 17.0 Å². The molecular formula is C21H22FN3O3. The summed E-state index contributed by atoms with van der Waals surface area (Å²) in [5.74, 6) is -1.05. The number of ether oxygens (including phenoxy) is 1. The van der Waals surface area contributed by atoms with Gasteiger partial charge in [-0.2, -0.15) is 0 Å². The number of hydrogen-bond acceptors (Lipinski definition) is 3. The highest BCUT2D eigenvalue weighted by Crippen LogP contribution is 2.19. The molecule has 1 amide bonds. The van der Waals surface area contributed by atoms with Crippen LogP contribution < -0.4 is 15.6 Å². The van der Waals surface area contributed by atoms with Crippen LogP contribution in [0.4, 0.5) is 10.1 Å². The zero-order valence-corrected chi connectivity index (χ0v) is 16.0. The number of hydrogen-bond donors (Lipinski definition) is 1. The van der Waals surface area contributed by atoms with Crippen molar-refractivity contribution in [3.05, 3.63) is 76.5 Å². The molecule has 7 heteroatoms. The maximum absolute atomic E-state index is 13.8. The van der Waals surface area contributed by atoms with E-state index in [4.69, 9.17) is 4.74 Å². The number of rotatable bonds is 6. The number of benzene rings is 2. The van der Waals surface area contributed by atoms with Crippen molar-refractivity contribution in [2.75, 3.05) is 5.32 Å². The molecule has 0 fully saturated rings. The lowest BCUT2D eigenvalue weighted by atomic mass is 10.2. The van der Waals surface area contributed by atoms with Crippen LogP contribution in [0, 0.1) is 12.7 Å². The molecule has 0 saturated heterocycles. The number of carbonyl (C=O) groups excluding carboxylic acids is 1. The number of anilines is 1. The Labute approximate surface area is 162 Å². The highest BCUT2D eigenvalue weighted by atomic mass is 19.1. The van der Waals surface area contributed by atoms with Gasteiger partial charge in [-0.25, -0.2) is 9.07 Å². The molecule has 1 heterocycles. The van der Waals surface area contributed by atoms with Gasteiger partial charge in [0.05, 0.1) is 11.4 Å². The fourth-order valence-corrected chi connectivity index (χ4v) is 2.93. The number of para-hydroxylation sites is 2. The summed E-state index contributed by atoms with van der Waals surface area (Å²) in [6.45, 7) is 3.50. The van der Waals surface area contributed by atoms with E-state index in [9.17, 15) is 14.0 Å². The van der Waals surface area contributed by atoms with Gasteiger partial charge >= 0.3 is 0 Å². The Kier molecular flexibility index (Phi) is 5.63. The Bertz CT molecular complexity index is 1040. The fraction of sp³-hybridized carbons (Fsp3) is 0.238. The van der Waals surface area contributed by atoms with Crippen molar-refractivity contribution >= 4 is 11.6 Å². The molecule has 28 heavy (non-hydrogen) atoms. The molecular weight excluding hydrogens is 361 g/mol. The average Bonchev–Trinajstić information content (AvgIpc) is 2.91. The van der Waals surface area contributed by atoms with Crippen LogP contribution in [0.3, 0.4) is 0 Å². The summed E-state index contributed by atoms with van der Waals surface area (Å²) >= 11 is 0. The van der Waals surface area contributed by atoms with Crippen LogP contribution in [-0.4, -0.2) is 21.4 Å². The number of aromatic nitrogens is 2. The summed E-state index contributed by atoms with van der Waals surface area (Å²) in [6.07, 6.45) is -0.611. The third-order valence-electron chi connectivity index (χ3n) is 4.57. The summed E-state index contributed by atoms with van der Waals surface area (Å²) < 4.78 is 22.5. The number of halogens is 1. The summed E-state index contributed by atoms with van der Waals surface area (Å²) in [5.41, 5.74) is 1.11. The van der Waals surface area contributed by atoms with Crippen LogP contribution in [0.5, 0.6) is 5.75 Å². The van der Waals surface area contributed by atoms with Gasteiger partial charge in [0.1, 0.15) is 5.69 Å². The first-order valence-electron chi connectivity index (χ1n) is 9.00. The Morgan fingerprint density at radius 2 is 1.79 bits per heavy atom. The lowest BCUT2D eigenvalue weighted by molar-refractivity contribution is -0.122. The van der Waals surface area contributed by atoms with Gasteiger partial charge in [-0.05, 0) is 37.6 Å². The van der Waals surface area contributed by atoms with Crippen LogP contribution in [0.1, 0.15) is 19.0 Å². The van der Waals surface area contributed by atoms with Crippen LogP contribution in [-0.2, 0) is 11.8 Å². The molecule has 0 bridgehead atoms. The van der Waals surface area contributed by atoms with E-state index in [1.165, 1.54) is 16.8 Å². The molecule has 146 valence electrons. The van der Waals surface area contributed by atoms with E-state index < -0.39 is 17.8 Å². The van der Waals surface area contributed by atoms with Gasteiger partial charge < -0.3 is 10.1 Å². The van der Waals surface area contributed by atoms with Crippen LogP contribution in [0.2, 0.25) is 0 Å². The monoisotopic (exact) mass is 383 g/mol. The number of nitrogens with zero attached hydrogens (tertiary/aromatic N) is 2. The molecule has 1 aromatic heterocycles. The summed E-state index contributed by atoms with van der Waals surface area (Å²) in [6, 6.07) is 15.0. The molecule has 3 aromatic rings. The van der Waals surface area contributed by atoms with Gasteiger partial charge in [-0.15, -0.1) is 0 Å². The molecule has 0 radical (unpaired) electrons. The maximum atomic E-state index is 13.8. The zero-order valence-electron chi connectivity index (χ0n) is 16.0. The van der Waals surface area contributed by atoms with E-state index in [0.717, 1.165) is 0 Å². The standard InChI is InChI=1S/C21H22FN3O3/c1-4-17(28-18-13-9-8-12-16(18)22)20(26)23-19-14(2)24(3)25(21(19)27)15-10-6-5-7-11-15/h5-13,17H,4H2,1-3H3,(H,23,26)/t17-/m1/s1. The molecule has 1 N–H and O–H groups in total. The van der Waals surface area contributed by atoms with E-state index in [0.29, 0.717) is 17.8 Å². The SMILES string of the molecule is CC[C@@H](Oc1ccccc1F)C(=O)Nc1c(C)n(C)n(-c2ccccc2)c1=O. The normalized spacial score (nSPS) is 11.9. The van der Waals surface area contributed by atoms with Gasteiger partial charge in [0, 0.05) is 7.05 Å². The highest BCUT2D eigenvalue weighted by Gasteiger charge is 2.24. The van der Waals surface area contributed by atoms with Gasteiger partial charge in [-0.1, -0.05) is 37.3 Å². The first-order valence-corrected chi connectivity index (χ1v) is 9.00. The maximum Gasteiger partial charge on any atom is 0.295 e. The molecule has 0 aliphatic heterocycles. The van der Waals surface area contributed by atoms with Crippen molar-refractivity contribution in [2.45, 2.75) is 26.4 Å². The molecule has 0 unspecified atom stereocenters. The third-order valence-corrected chi connectivity index (χ3v) is 4.57. The lowest BCUT2D eigenvalue weighted by Crippen LogP contribution is -2.34. The topological polar surface area (TPSA) is 65.3 Å². The summed E-state index contributed by atoms with van der Waals surface area (Å²) in [5, 5.41) is 2.66. The molecule has 3 rings (SSSR count). The molecule has 1 atom stereocenters. The van der Waals surface area contributed by atoms with Gasteiger partial charge in [0.25, 0.3) is 11.5 Å². The predicted octanol–water partition coefficient (Wildman–Crippen LogP) is 3.42. The molecule has 0 saturated carbocycles. The highest BCUT2D eigenvalue weighted by molar-refractivity contribution is 5.94. The second-order valence-corrected chi connectivity index (χ2v) is 6.37. The minimum atomic E-state index is -0.930. The fourth-order valence-electron chi connectivity index (χ4n) is 2.93. The molecule has 0 spiro atoms. The first kappa shape index (κ1) is 19.4. The summed E-state index contributed by atoms with van der Waals surface area (Å²) in [7, 11) is 1.74. The van der Waals surface area contributed by atoms with Crippen molar-refractivity contribution in [3.63, 3.8) is 0 Å². The Morgan fingerprint density at radius 3 is 2.43 bits per heavy atom. The number of amides is 1. The number of carbonyl (C=O) groups is 1. The molecule has 6 nitrogen and oxygen atoms in total. The Balaban J connectivity index is 1.88. The van der Waals surface area contributed by atoms with Crippen molar-refractivity contribution < 1.29 is 13.9 Å². The Hall–Kier alpha value is -3.35. The van der Waals surface area contributed by atoms with Crippen molar-refractivity contribution in [3.8, 4) is 11.4 Å². The van der Waals surface area contributed by atoms with Crippen LogP contribution in [0.25, 0.3) is 5.69 Å². The average molecular weight is 383 g/mol. The Morgan fingerprint density at radius 1 is 1.14 bits per heavy atom. The van der Waals surface area contributed by atoms with Crippen LogP contribution >= 0.6 is 0 Å². The molecule has 0 aliphatic carbocycles. The minimum absolute atomic E-state index is 0.00372. The van der Waals surface area contributed by atoms with E-state index in [1.807, 2.05) is 30.3 Å². The smallest absolute Gasteiger partial charge is 0.295 e. The van der Waals surface area contributed by atoms with E-state index in [2.05, 4.69) is 5.32 Å². The predicted molar refractivity (Wildman–Crippen MR) is 105 cm³/mol. The molecule has 2 aromatic carbocycles. The van der Waals surface area contributed by atoms with Gasteiger partial charge in [0.15, 0.2) is 17.7 Å². The van der Waals surface area contributed by atoms with E-state index >= 15 is 0 Å². The van der Waals surface area contributed by atoms with E-state index in [1.54, 1.807) is 37.7 Å². The van der Waals surface area contributed by atoms with Crippen molar-refractivity contribution in [2.24, 2.45) is 7.05 Å². The first-order chi connectivity index (χ1) is 13.4. The van der Waals surface area contributed by atoms with Crippen LogP contribution in [0.15, 0.2) is 59.4 Å². The molecule has 0 aliphatic rings. The largest absolute Gasteiger partial charge is 0.478 e. The quantitative estimate of drug-likeness (QED) is 0.709. The number of nitrogens with one attached hydrogen (secondary N) is 1.